The second-order valence-corrected chi connectivity index (χ2v) is 3.27. The van der Waals surface area contributed by atoms with Crippen LogP contribution in [0, 0.1) is 4.91 Å². The third kappa shape index (κ3) is 0.944. The van der Waals surface area contributed by atoms with Gasteiger partial charge in [0.25, 0.3) is 0 Å². The molecule has 1 heterocycles. The highest BCUT2D eigenvalue weighted by molar-refractivity contribution is 5.00. The average Bonchev–Trinajstić information content (AvgIpc) is 2.52. The molecule has 1 aliphatic carbocycles. The molecular formula is C7H11NO2. The quantitative estimate of drug-likeness (QED) is 0.546. The third-order valence-corrected chi connectivity index (χ3v) is 2.42. The van der Waals surface area contributed by atoms with Crippen molar-refractivity contribution in [2.75, 3.05) is 6.54 Å². The van der Waals surface area contributed by atoms with Crippen LogP contribution < -0.4 is 0 Å². The van der Waals surface area contributed by atoms with Crippen LogP contribution in [-0.2, 0) is 4.74 Å². The van der Waals surface area contributed by atoms with Crippen molar-refractivity contribution in [3.8, 4) is 0 Å². The minimum Gasteiger partial charge on any atom is -0.370 e. The van der Waals surface area contributed by atoms with Gasteiger partial charge >= 0.3 is 0 Å². The minimum absolute atomic E-state index is 0.139. The molecule has 0 aromatic carbocycles. The second kappa shape index (κ2) is 2.02. The summed E-state index contributed by atoms with van der Waals surface area (Å²) in [6.07, 6.45) is 4.71. The maximum Gasteiger partial charge on any atom is 0.107 e. The Morgan fingerprint density at radius 3 is 2.80 bits per heavy atom. The number of nitrogens with zero attached hydrogens (tertiary/aromatic N) is 1. The lowest BCUT2D eigenvalue weighted by atomic mass is 10.2. The predicted octanol–water partition coefficient (Wildman–Crippen LogP) is 1.46. The van der Waals surface area contributed by atoms with Gasteiger partial charge in [-0.3, -0.25) is 0 Å². The summed E-state index contributed by atoms with van der Waals surface area (Å²) in [5, 5.41) is 2.84. The molecule has 2 rings (SSSR count). The summed E-state index contributed by atoms with van der Waals surface area (Å²) < 4.78 is 5.61. The van der Waals surface area contributed by atoms with Gasteiger partial charge in [0.05, 0.1) is 11.7 Å². The summed E-state index contributed by atoms with van der Waals surface area (Å²) in [4.78, 5) is 9.86. The van der Waals surface area contributed by atoms with Gasteiger partial charge in [-0.25, -0.2) is 0 Å². The van der Waals surface area contributed by atoms with E-state index < -0.39 is 0 Å². The molecule has 2 fully saturated rings. The summed E-state index contributed by atoms with van der Waals surface area (Å²) in [5.74, 6) is 0. The zero-order valence-corrected chi connectivity index (χ0v) is 5.88. The lowest BCUT2D eigenvalue weighted by molar-refractivity contribution is 0.0332. The molecule has 0 N–H and O–H groups in total. The molecule has 0 radical (unpaired) electrons. The van der Waals surface area contributed by atoms with Gasteiger partial charge in [-0.2, -0.15) is 4.91 Å². The molecule has 56 valence electrons. The Bertz CT molecular complexity index is 154. The van der Waals surface area contributed by atoms with Gasteiger partial charge in [0.15, 0.2) is 0 Å². The summed E-state index contributed by atoms with van der Waals surface area (Å²) in [6.45, 7) is 0.349. The largest absolute Gasteiger partial charge is 0.370 e. The van der Waals surface area contributed by atoms with E-state index >= 15 is 0 Å². The molecule has 0 aromatic heterocycles. The molecule has 0 unspecified atom stereocenters. The first-order valence-electron chi connectivity index (χ1n) is 3.82. The van der Waals surface area contributed by atoms with Crippen LogP contribution in [-0.4, -0.2) is 18.2 Å². The van der Waals surface area contributed by atoms with E-state index in [1.54, 1.807) is 0 Å². The molecule has 1 spiro atoms. The SMILES string of the molecule is O=NC[C@H]1CCC2(CC2)O1. The van der Waals surface area contributed by atoms with Crippen LogP contribution in [0.3, 0.4) is 0 Å². The van der Waals surface area contributed by atoms with E-state index in [2.05, 4.69) is 5.18 Å². The van der Waals surface area contributed by atoms with Crippen molar-refractivity contribution in [2.45, 2.75) is 37.4 Å². The Balaban J connectivity index is 1.87. The summed E-state index contributed by atoms with van der Waals surface area (Å²) in [5.41, 5.74) is 0.218. The fraction of sp³-hybridized carbons (Fsp3) is 1.00. The first-order chi connectivity index (χ1) is 4.85. The van der Waals surface area contributed by atoms with E-state index in [-0.39, 0.29) is 11.7 Å². The van der Waals surface area contributed by atoms with Crippen LogP contribution in [0.15, 0.2) is 5.18 Å². The maximum absolute atomic E-state index is 9.86. The summed E-state index contributed by atoms with van der Waals surface area (Å²) >= 11 is 0. The molecule has 0 aromatic rings. The van der Waals surface area contributed by atoms with Crippen molar-refractivity contribution < 1.29 is 4.74 Å². The average molecular weight is 141 g/mol. The minimum atomic E-state index is 0.139. The fourth-order valence-electron chi connectivity index (χ4n) is 1.61. The summed E-state index contributed by atoms with van der Waals surface area (Å²) in [7, 11) is 0. The number of rotatable bonds is 2. The molecule has 0 amide bonds. The molecule has 1 aliphatic heterocycles. The van der Waals surface area contributed by atoms with Gasteiger partial charge in [-0.1, -0.05) is 5.18 Å². The van der Waals surface area contributed by atoms with E-state index in [1.165, 1.54) is 12.8 Å². The Morgan fingerprint density at radius 1 is 1.50 bits per heavy atom. The van der Waals surface area contributed by atoms with E-state index in [1.807, 2.05) is 0 Å². The fourth-order valence-corrected chi connectivity index (χ4v) is 1.61. The van der Waals surface area contributed by atoms with E-state index in [0.717, 1.165) is 12.8 Å². The normalized spacial score (nSPS) is 34.6. The number of nitroso groups, excluding NO2 is 1. The standard InChI is InChI=1S/C7H11NO2/c9-8-5-6-1-2-7(10-6)3-4-7/h6H,1-5H2/t6-/m1/s1. The van der Waals surface area contributed by atoms with Crippen molar-refractivity contribution in [1.29, 1.82) is 0 Å². The molecular weight excluding hydrogens is 130 g/mol. The maximum atomic E-state index is 9.86. The highest BCUT2D eigenvalue weighted by Gasteiger charge is 2.49. The van der Waals surface area contributed by atoms with Gasteiger partial charge < -0.3 is 4.74 Å². The Morgan fingerprint density at radius 2 is 2.30 bits per heavy atom. The van der Waals surface area contributed by atoms with Crippen molar-refractivity contribution in [1.82, 2.24) is 0 Å². The van der Waals surface area contributed by atoms with E-state index in [9.17, 15) is 4.91 Å². The first kappa shape index (κ1) is 6.28. The predicted molar refractivity (Wildman–Crippen MR) is 36.7 cm³/mol. The lowest BCUT2D eigenvalue weighted by Crippen LogP contribution is -2.13. The smallest absolute Gasteiger partial charge is 0.107 e. The number of hydrogen-bond donors (Lipinski definition) is 0. The highest BCUT2D eigenvalue weighted by Crippen LogP contribution is 2.49. The first-order valence-corrected chi connectivity index (χ1v) is 3.82. The summed E-state index contributed by atoms with van der Waals surface area (Å²) in [6, 6.07) is 0. The van der Waals surface area contributed by atoms with Crippen molar-refractivity contribution >= 4 is 0 Å². The Labute approximate surface area is 59.7 Å². The molecule has 1 saturated carbocycles. The number of ether oxygens (including phenoxy) is 1. The molecule has 0 bridgehead atoms. The van der Waals surface area contributed by atoms with E-state index in [0.29, 0.717) is 6.54 Å². The van der Waals surface area contributed by atoms with Gasteiger partial charge in [0.1, 0.15) is 6.54 Å². The molecule has 1 saturated heterocycles. The van der Waals surface area contributed by atoms with Crippen LogP contribution in [0.4, 0.5) is 0 Å². The highest BCUT2D eigenvalue weighted by atomic mass is 16.5. The van der Waals surface area contributed by atoms with Crippen LogP contribution in [0.2, 0.25) is 0 Å². The molecule has 10 heavy (non-hydrogen) atoms. The number of hydrogen-bond acceptors (Lipinski definition) is 3. The van der Waals surface area contributed by atoms with E-state index in [4.69, 9.17) is 4.74 Å². The van der Waals surface area contributed by atoms with Gasteiger partial charge in [0.2, 0.25) is 0 Å². The third-order valence-electron chi connectivity index (χ3n) is 2.42. The van der Waals surface area contributed by atoms with Gasteiger partial charge in [0, 0.05) is 0 Å². The van der Waals surface area contributed by atoms with Crippen LogP contribution in [0.25, 0.3) is 0 Å². The van der Waals surface area contributed by atoms with Crippen molar-refractivity contribution in [3.05, 3.63) is 4.91 Å². The molecule has 2 aliphatic rings. The Hall–Kier alpha value is -0.440. The van der Waals surface area contributed by atoms with Gasteiger partial charge in [-0.05, 0) is 25.7 Å². The van der Waals surface area contributed by atoms with Crippen molar-refractivity contribution in [2.24, 2.45) is 5.18 Å². The molecule has 3 heteroatoms. The van der Waals surface area contributed by atoms with Crippen LogP contribution in [0.5, 0.6) is 0 Å². The lowest BCUT2D eigenvalue weighted by Gasteiger charge is -2.07. The van der Waals surface area contributed by atoms with Gasteiger partial charge in [-0.15, -0.1) is 0 Å². The van der Waals surface area contributed by atoms with Crippen LogP contribution >= 0.6 is 0 Å². The second-order valence-electron chi connectivity index (χ2n) is 3.27. The monoisotopic (exact) mass is 141 g/mol. The van der Waals surface area contributed by atoms with Crippen LogP contribution in [0.1, 0.15) is 25.7 Å². The molecule has 3 nitrogen and oxygen atoms in total. The Kier molecular flexibility index (Phi) is 1.27. The topological polar surface area (TPSA) is 38.7 Å². The zero-order chi connectivity index (χ0) is 7.03. The zero-order valence-electron chi connectivity index (χ0n) is 5.88. The molecule has 1 atom stereocenters. The van der Waals surface area contributed by atoms with Crippen molar-refractivity contribution in [3.63, 3.8) is 0 Å².